The van der Waals surface area contributed by atoms with Crippen molar-refractivity contribution < 1.29 is 9.53 Å². The van der Waals surface area contributed by atoms with Gasteiger partial charge in [-0.3, -0.25) is 4.79 Å². The zero-order chi connectivity index (χ0) is 23.8. The third kappa shape index (κ3) is 4.36. The molecule has 4 aromatic rings. The number of aryl methyl sites for hydroxylation is 1. The summed E-state index contributed by atoms with van der Waals surface area (Å²) in [6.45, 7) is 4.43. The highest BCUT2D eigenvalue weighted by Crippen LogP contribution is 2.43. The molecule has 3 heterocycles. The highest BCUT2D eigenvalue weighted by atomic mass is 32.2. The lowest BCUT2D eigenvalue weighted by Gasteiger charge is -2.12. The minimum atomic E-state index is -0.0742. The Kier molecular flexibility index (Phi) is 6.68. The number of hydrogen-bond donors (Lipinski definition) is 1. The Labute approximate surface area is 211 Å². The number of thiophene rings is 1. The van der Waals surface area contributed by atoms with E-state index in [1.54, 1.807) is 18.4 Å². The van der Waals surface area contributed by atoms with Crippen molar-refractivity contribution in [3.8, 4) is 5.75 Å². The van der Waals surface area contributed by atoms with Gasteiger partial charge in [0.1, 0.15) is 15.6 Å². The number of rotatable bonds is 7. The Hall–Kier alpha value is -2.36. The molecule has 0 bridgehead atoms. The molecule has 0 spiro atoms. The van der Waals surface area contributed by atoms with Gasteiger partial charge in [-0.15, -0.1) is 11.3 Å². The van der Waals surface area contributed by atoms with Gasteiger partial charge >= 0.3 is 0 Å². The Balaban J connectivity index is 1.49. The lowest BCUT2D eigenvalue weighted by atomic mass is 9.99. The largest absolute Gasteiger partial charge is 0.497 e. The molecule has 1 amide bonds. The van der Waals surface area contributed by atoms with Crippen LogP contribution in [0.3, 0.4) is 0 Å². The normalized spacial score (nSPS) is 13.1. The Bertz CT molecular complexity index is 1380. The van der Waals surface area contributed by atoms with Gasteiger partial charge in [0.25, 0.3) is 0 Å². The van der Waals surface area contributed by atoms with Crippen molar-refractivity contribution in [2.24, 2.45) is 0 Å². The fourth-order valence-electron chi connectivity index (χ4n) is 4.42. The van der Waals surface area contributed by atoms with Crippen molar-refractivity contribution in [2.75, 3.05) is 24.4 Å². The number of fused-ring (bicyclic) bond motifs is 5. The second-order valence-electron chi connectivity index (χ2n) is 8.50. The number of methoxy groups -OCH3 is 1. The summed E-state index contributed by atoms with van der Waals surface area (Å²) in [5.74, 6) is 1.34. The fourth-order valence-corrected chi connectivity index (χ4v) is 6.90. The first-order chi connectivity index (χ1) is 16.5. The molecular weight excluding hydrogens is 485 g/mol. The molecule has 1 N–H and O–H groups in total. The highest BCUT2D eigenvalue weighted by Gasteiger charge is 2.26. The van der Waals surface area contributed by atoms with Crippen LogP contribution in [-0.2, 0) is 17.6 Å². The summed E-state index contributed by atoms with van der Waals surface area (Å²) in [6, 6.07) is 7.33. The second-order valence-corrected chi connectivity index (χ2v) is 11.2. The van der Waals surface area contributed by atoms with Crippen molar-refractivity contribution in [1.82, 2.24) is 15.0 Å². The van der Waals surface area contributed by atoms with Gasteiger partial charge in [0.15, 0.2) is 5.16 Å². The van der Waals surface area contributed by atoms with Crippen molar-refractivity contribution in [3.63, 3.8) is 0 Å². The van der Waals surface area contributed by atoms with Gasteiger partial charge in [0.2, 0.25) is 5.91 Å². The molecule has 0 fully saturated rings. The monoisotopic (exact) mass is 510 g/mol. The number of aromatic nitrogens is 3. The second kappa shape index (κ2) is 9.71. The molecule has 3 aromatic heterocycles. The number of pyridine rings is 1. The lowest BCUT2D eigenvalue weighted by Crippen LogP contribution is -2.14. The van der Waals surface area contributed by atoms with E-state index in [1.807, 2.05) is 30.5 Å². The van der Waals surface area contributed by atoms with E-state index in [9.17, 15) is 4.79 Å². The molecule has 0 saturated heterocycles. The van der Waals surface area contributed by atoms with Crippen LogP contribution in [0.25, 0.3) is 20.4 Å². The van der Waals surface area contributed by atoms with Gasteiger partial charge in [-0.25, -0.2) is 15.0 Å². The van der Waals surface area contributed by atoms with Crippen LogP contribution in [0.1, 0.15) is 43.0 Å². The minimum absolute atomic E-state index is 0.0742. The topological polar surface area (TPSA) is 77.0 Å². The van der Waals surface area contributed by atoms with E-state index in [2.05, 4.69) is 19.2 Å². The summed E-state index contributed by atoms with van der Waals surface area (Å²) in [5.41, 5.74) is 5.78. The van der Waals surface area contributed by atoms with Gasteiger partial charge in [0.05, 0.1) is 23.1 Å². The highest BCUT2D eigenvalue weighted by molar-refractivity contribution is 8.00. The fraction of sp³-hybridized carbons (Fsp3) is 0.360. The number of carbonyl (C=O) groups is 1. The van der Waals surface area contributed by atoms with Gasteiger partial charge in [-0.2, -0.15) is 0 Å². The minimum Gasteiger partial charge on any atom is -0.497 e. The standard InChI is InChI=1S/C25H26N4O2S3/c1-13(2)20-17-7-5-6-16(17)19-21-22(34-23(19)27-20)24(29-25(28-21)32-4)33-12-18(30)26-14-8-10-15(31-3)11-9-14/h8-11,13H,5-7,12H2,1-4H3,(H,26,30). The van der Waals surface area contributed by atoms with Gasteiger partial charge in [0, 0.05) is 16.8 Å². The number of anilines is 1. The molecular formula is C25H26N4O2S3. The number of amides is 1. The van der Waals surface area contributed by atoms with Crippen LogP contribution < -0.4 is 10.1 Å². The maximum atomic E-state index is 12.7. The predicted octanol–water partition coefficient (Wildman–Crippen LogP) is 6.31. The van der Waals surface area contributed by atoms with Gasteiger partial charge < -0.3 is 10.1 Å². The molecule has 9 heteroatoms. The molecule has 5 rings (SSSR count). The van der Waals surface area contributed by atoms with Crippen LogP contribution in [0.2, 0.25) is 0 Å². The summed E-state index contributed by atoms with van der Waals surface area (Å²) >= 11 is 4.64. The lowest BCUT2D eigenvalue weighted by molar-refractivity contribution is -0.113. The first-order valence-corrected chi connectivity index (χ1v) is 14.3. The van der Waals surface area contributed by atoms with E-state index in [-0.39, 0.29) is 11.7 Å². The first-order valence-electron chi connectivity index (χ1n) is 11.2. The number of nitrogens with one attached hydrogen (secondary N) is 1. The van der Waals surface area contributed by atoms with Crippen LogP contribution in [0.5, 0.6) is 5.75 Å². The summed E-state index contributed by atoms with van der Waals surface area (Å²) in [4.78, 5) is 28.5. The van der Waals surface area contributed by atoms with Gasteiger partial charge in [-0.1, -0.05) is 37.4 Å². The van der Waals surface area contributed by atoms with Crippen LogP contribution in [0, 0.1) is 0 Å². The van der Waals surface area contributed by atoms with E-state index in [0.29, 0.717) is 5.92 Å². The maximum Gasteiger partial charge on any atom is 0.234 e. The van der Waals surface area contributed by atoms with E-state index in [4.69, 9.17) is 19.7 Å². The Morgan fingerprint density at radius 1 is 1.15 bits per heavy atom. The number of thioether (sulfide) groups is 2. The molecule has 0 saturated carbocycles. The molecule has 1 aliphatic rings. The molecule has 0 unspecified atom stereocenters. The van der Waals surface area contributed by atoms with Crippen molar-refractivity contribution in [3.05, 3.63) is 41.1 Å². The molecule has 34 heavy (non-hydrogen) atoms. The van der Waals surface area contributed by atoms with Crippen LogP contribution in [-0.4, -0.2) is 40.0 Å². The number of carbonyl (C=O) groups excluding carboxylic acids is 1. The van der Waals surface area contributed by atoms with E-state index in [0.717, 1.165) is 49.5 Å². The van der Waals surface area contributed by atoms with Crippen molar-refractivity contribution in [2.45, 2.75) is 49.2 Å². The molecule has 6 nitrogen and oxygen atoms in total. The number of hydrogen-bond acceptors (Lipinski definition) is 8. The van der Waals surface area contributed by atoms with E-state index >= 15 is 0 Å². The molecule has 1 aromatic carbocycles. The Morgan fingerprint density at radius 3 is 2.62 bits per heavy atom. The first kappa shape index (κ1) is 23.4. The summed E-state index contributed by atoms with van der Waals surface area (Å²) < 4.78 is 6.20. The third-order valence-electron chi connectivity index (χ3n) is 5.96. The average Bonchev–Trinajstić information content (AvgIpc) is 3.46. The smallest absolute Gasteiger partial charge is 0.234 e. The van der Waals surface area contributed by atoms with E-state index < -0.39 is 0 Å². The average molecular weight is 511 g/mol. The quantitative estimate of drug-likeness (QED) is 0.177. The van der Waals surface area contributed by atoms with Crippen molar-refractivity contribution >= 4 is 66.9 Å². The van der Waals surface area contributed by atoms with Crippen LogP contribution in [0.4, 0.5) is 5.69 Å². The maximum absolute atomic E-state index is 12.7. The predicted molar refractivity (Wildman–Crippen MR) is 143 cm³/mol. The summed E-state index contributed by atoms with van der Waals surface area (Å²) in [7, 11) is 1.62. The number of ether oxygens (including phenoxy) is 1. The molecule has 176 valence electrons. The zero-order valence-corrected chi connectivity index (χ0v) is 22.0. The van der Waals surface area contributed by atoms with Crippen LogP contribution in [0.15, 0.2) is 34.4 Å². The SMILES string of the molecule is COc1ccc(NC(=O)CSc2nc(SC)nc3c2sc2nc(C(C)C)c4c(c23)CCC4)cc1. The molecule has 0 radical (unpaired) electrons. The van der Waals surface area contributed by atoms with Gasteiger partial charge in [-0.05, 0) is 66.8 Å². The molecule has 0 atom stereocenters. The van der Waals surface area contributed by atoms with E-state index in [1.165, 1.54) is 52.2 Å². The van der Waals surface area contributed by atoms with Crippen molar-refractivity contribution in [1.29, 1.82) is 0 Å². The molecule has 1 aliphatic carbocycles. The third-order valence-corrected chi connectivity index (χ3v) is 8.69. The van der Waals surface area contributed by atoms with Crippen LogP contribution >= 0.6 is 34.9 Å². The zero-order valence-electron chi connectivity index (χ0n) is 19.6. The summed E-state index contributed by atoms with van der Waals surface area (Å²) in [5, 5.41) is 5.72. The number of nitrogens with zero attached hydrogens (tertiary/aromatic N) is 3. The number of benzene rings is 1. The Morgan fingerprint density at radius 2 is 1.91 bits per heavy atom. The molecule has 0 aliphatic heterocycles. The summed E-state index contributed by atoms with van der Waals surface area (Å²) in [6.07, 6.45) is 5.32.